The lowest BCUT2D eigenvalue weighted by Crippen LogP contribution is -2.34. The van der Waals surface area contributed by atoms with Gasteiger partial charge in [0.15, 0.2) is 0 Å². The molecule has 1 saturated carbocycles. The van der Waals surface area contributed by atoms with Crippen molar-refractivity contribution < 1.29 is 9.53 Å². The lowest BCUT2D eigenvalue weighted by atomic mass is 9.61. The fourth-order valence-corrected chi connectivity index (χ4v) is 4.25. The number of aliphatic imine (C=N–C) groups is 1. The number of esters is 1. The van der Waals surface area contributed by atoms with E-state index in [-0.39, 0.29) is 5.97 Å². The van der Waals surface area contributed by atoms with Crippen LogP contribution >= 0.6 is 0 Å². The second-order valence-electron chi connectivity index (χ2n) is 7.61. The average Bonchev–Trinajstić information content (AvgIpc) is 2.59. The molecule has 2 atom stereocenters. The third-order valence-corrected chi connectivity index (χ3v) is 5.65. The zero-order valence-electron chi connectivity index (χ0n) is 14.9. The van der Waals surface area contributed by atoms with E-state index in [0.717, 1.165) is 6.42 Å². The molecular weight excluding hydrogens is 298 g/mol. The van der Waals surface area contributed by atoms with E-state index in [0.29, 0.717) is 28.5 Å². The van der Waals surface area contributed by atoms with Crippen LogP contribution in [0.1, 0.15) is 56.3 Å². The van der Waals surface area contributed by atoms with Crippen molar-refractivity contribution in [3.63, 3.8) is 0 Å². The first-order valence-corrected chi connectivity index (χ1v) is 8.94. The van der Waals surface area contributed by atoms with Crippen molar-refractivity contribution in [2.45, 2.75) is 46.0 Å². The summed E-state index contributed by atoms with van der Waals surface area (Å²) in [6, 6.07) is 7.40. The lowest BCUT2D eigenvalue weighted by molar-refractivity contribution is 0.0601. The van der Waals surface area contributed by atoms with Crippen molar-refractivity contribution in [1.29, 1.82) is 0 Å². The quantitative estimate of drug-likeness (QED) is 0.427. The van der Waals surface area contributed by atoms with Crippen molar-refractivity contribution in [2.75, 3.05) is 7.11 Å². The van der Waals surface area contributed by atoms with E-state index in [1.165, 1.54) is 32.8 Å². The standard InChI is InChI=1S/C21H27NO2/c1-21(2)13-7-10-16-15(8-6-11-18(16)21)14-22-19-12-5-4-9-17(19)20(23)24-3/h4-5,9-10,12,14-15,18H,6-8,11,13H2,1-3H3. The number of methoxy groups -OCH3 is 1. The Balaban J connectivity index is 1.85. The Kier molecular flexibility index (Phi) is 4.88. The Hall–Kier alpha value is -1.90. The van der Waals surface area contributed by atoms with Gasteiger partial charge in [-0.3, -0.25) is 4.99 Å². The van der Waals surface area contributed by atoms with Gasteiger partial charge in [-0.1, -0.05) is 44.1 Å². The molecule has 1 aromatic carbocycles. The van der Waals surface area contributed by atoms with Crippen molar-refractivity contribution in [2.24, 2.45) is 22.2 Å². The van der Waals surface area contributed by atoms with Crippen LogP contribution in [0, 0.1) is 17.3 Å². The molecule has 0 aliphatic heterocycles. The second-order valence-corrected chi connectivity index (χ2v) is 7.61. The molecule has 0 heterocycles. The van der Waals surface area contributed by atoms with Gasteiger partial charge in [-0.05, 0) is 49.1 Å². The van der Waals surface area contributed by atoms with Gasteiger partial charge >= 0.3 is 5.97 Å². The molecule has 24 heavy (non-hydrogen) atoms. The summed E-state index contributed by atoms with van der Waals surface area (Å²) in [5, 5.41) is 0. The van der Waals surface area contributed by atoms with Gasteiger partial charge in [-0.25, -0.2) is 4.79 Å². The fourth-order valence-electron chi connectivity index (χ4n) is 4.25. The minimum Gasteiger partial charge on any atom is -0.465 e. The third kappa shape index (κ3) is 3.31. The Labute approximate surface area is 144 Å². The molecule has 0 aromatic heterocycles. The van der Waals surface area contributed by atoms with E-state index >= 15 is 0 Å². The predicted molar refractivity (Wildman–Crippen MR) is 97.9 cm³/mol. The molecule has 1 aromatic rings. The number of carbonyl (C=O) groups excluding carboxylic acids is 1. The summed E-state index contributed by atoms with van der Waals surface area (Å²) < 4.78 is 4.86. The predicted octanol–water partition coefficient (Wildman–Crippen LogP) is 5.34. The number of carbonyl (C=O) groups is 1. The number of fused-ring (bicyclic) bond motifs is 1. The third-order valence-electron chi connectivity index (χ3n) is 5.65. The summed E-state index contributed by atoms with van der Waals surface area (Å²) in [4.78, 5) is 16.6. The molecule has 0 bridgehead atoms. The molecule has 2 unspecified atom stereocenters. The summed E-state index contributed by atoms with van der Waals surface area (Å²) >= 11 is 0. The van der Waals surface area contributed by atoms with Crippen LogP contribution in [0.15, 0.2) is 40.9 Å². The molecule has 3 rings (SSSR count). The zero-order valence-corrected chi connectivity index (χ0v) is 14.9. The molecule has 0 saturated heterocycles. The van der Waals surface area contributed by atoms with Gasteiger partial charge in [-0.15, -0.1) is 0 Å². The highest BCUT2D eigenvalue weighted by molar-refractivity contribution is 5.95. The first-order chi connectivity index (χ1) is 11.5. The fraction of sp³-hybridized carbons (Fsp3) is 0.524. The van der Waals surface area contributed by atoms with Crippen LogP contribution in [0.3, 0.4) is 0 Å². The van der Waals surface area contributed by atoms with Crippen molar-refractivity contribution in [3.8, 4) is 0 Å². The molecule has 2 aliphatic carbocycles. The molecule has 0 spiro atoms. The Morgan fingerprint density at radius 1 is 1.29 bits per heavy atom. The molecule has 2 aliphatic rings. The Morgan fingerprint density at radius 2 is 2.08 bits per heavy atom. The van der Waals surface area contributed by atoms with Crippen LogP contribution in [0.5, 0.6) is 0 Å². The maximum absolute atomic E-state index is 11.9. The lowest BCUT2D eigenvalue weighted by Gasteiger charge is -2.44. The molecule has 3 nitrogen and oxygen atoms in total. The first-order valence-electron chi connectivity index (χ1n) is 8.94. The number of ether oxygens (including phenoxy) is 1. The minimum atomic E-state index is -0.331. The highest BCUT2D eigenvalue weighted by Crippen LogP contribution is 2.49. The molecule has 3 heteroatoms. The highest BCUT2D eigenvalue weighted by Gasteiger charge is 2.38. The maximum Gasteiger partial charge on any atom is 0.340 e. The maximum atomic E-state index is 11.9. The van der Waals surface area contributed by atoms with Gasteiger partial charge in [0.25, 0.3) is 0 Å². The number of allylic oxidation sites excluding steroid dienone is 2. The van der Waals surface area contributed by atoms with Crippen LogP contribution in [0.2, 0.25) is 0 Å². The van der Waals surface area contributed by atoms with Crippen molar-refractivity contribution in [1.82, 2.24) is 0 Å². The van der Waals surface area contributed by atoms with E-state index in [1.807, 2.05) is 18.2 Å². The second kappa shape index (κ2) is 6.92. The molecule has 0 radical (unpaired) electrons. The van der Waals surface area contributed by atoms with Gasteiger partial charge in [0.2, 0.25) is 0 Å². The zero-order chi connectivity index (χ0) is 17.2. The molecular formula is C21H27NO2. The number of rotatable bonds is 3. The monoisotopic (exact) mass is 325 g/mol. The molecule has 0 amide bonds. The number of nitrogens with zero attached hydrogens (tertiary/aromatic N) is 1. The Morgan fingerprint density at radius 3 is 2.88 bits per heavy atom. The van der Waals surface area contributed by atoms with Crippen LogP contribution in [0.4, 0.5) is 5.69 Å². The summed E-state index contributed by atoms with van der Waals surface area (Å²) in [5.74, 6) is 0.739. The summed E-state index contributed by atoms with van der Waals surface area (Å²) in [7, 11) is 1.41. The topological polar surface area (TPSA) is 38.7 Å². The number of benzene rings is 1. The smallest absolute Gasteiger partial charge is 0.340 e. The molecule has 1 fully saturated rings. The van der Waals surface area contributed by atoms with Crippen LogP contribution in [0.25, 0.3) is 0 Å². The van der Waals surface area contributed by atoms with E-state index in [2.05, 4.69) is 31.1 Å². The van der Waals surface area contributed by atoms with Crippen LogP contribution in [-0.2, 0) is 4.74 Å². The normalized spacial score (nSPS) is 25.9. The molecule has 0 N–H and O–H groups in total. The molecule has 128 valence electrons. The minimum absolute atomic E-state index is 0.331. The van der Waals surface area contributed by atoms with E-state index in [9.17, 15) is 4.79 Å². The average molecular weight is 325 g/mol. The number of hydrogen-bond donors (Lipinski definition) is 0. The van der Waals surface area contributed by atoms with Gasteiger partial charge in [0, 0.05) is 12.1 Å². The SMILES string of the molecule is COC(=O)c1ccccc1N=CC1CCCC2C1=CCCC2(C)C. The van der Waals surface area contributed by atoms with Crippen molar-refractivity contribution >= 4 is 17.9 Å². The Bertz CT molecular complexity index is 672. The first kappa shape index (κ1) is 16.9. The van der Waals surface area contributed by atoms with E-state index in [4.69, 9.17) is 4.74 Å². The largest absolute Gasteiger partial charge is 0.465 e. The van der Waals surface area contributed by atoms with Gasteiger partial charge < -0.3 is 4.74 Å². The van der Waals surface area contributed by atoms with Crippen LogP contribution in [-0.4, -0.2) is 19.3 Å². The van der Waals surface area contributed by atoms with Crippen LogP contribution < -0.4 is 0 Å². The number of hydrogen-bond acceptors (Lipinski definition) is 3. The summed E-state index contributed by atoms with van der Waals surface area (Å²) in [5.41, 5.74) is 3.18. The van der Waals surface area contributed by atoms with Gasteiger partial charge in [-0.2, -0.15) is 0 Å². The van der Waals surface area contributed by atoms with Gasteiger partial charge in [0.05, 0.1) is 18.4 Å². The summed E-state index contributed by atoms with van der Waals surface area (Å²) in [6.07, 6.45) is 10.6. The van der Waals surface area contributed by atoms with E-state index < -0.39 is 0 Å². The number of para-hydroxylation sites is 1. The van der Waals surface area contributed by atoms with Gasteiger partial charge in [0.1, 0.15) is 0 Å². The summed E-state index contributed by atoms with van der Waals surface area (Å²) in [6.45, 7) is 4.80. The van der Waals surface area contributed by atoms with Crippen molar-refractivity contribution in [3.05, 3.63) is 41.5 Å². The highest BCUT2D eigenvalue weighted by atomic mass is 16.5. The van der Waals surface area contributed by atoms with E-state index in [1.54, 1.807) is 11.6 Å².